The van der Waals surface area contributed by atoms with E-state index in [2.05, 4.69) is 16.7 Å². The molecule has 1 aliphatic carbocycles. The lowest BCUT2D eigenvalue weighted by atomic mass is 9.98. The Kier molecular flexibility index (Phi) is 6.69. The Morgan fingerprint density at radius 1 is 1.07 bits per heavy atom. The number of para-hydroxylation sites is 1. The van der Waals surface area contributed by atoms with Crippen molar-refractivity contribution >= 4 is 17.5 Å². The normalized spacial score (nSPS) is 14.6. The number of amides is 2. The Hall–Kier alpha value is -2.82. The SMILES string of the molecule is CCC(C)C(NC(=O)COc1ccccc1)C(=O)Nc1ccc2c(c1)CCC2. The van der Waals surface area contributed by atoms with E-state index in [1.165, 1.54) is 17.5 Å². The highest BCUT2D eigenvalue weighted by Crippen LogP contribution is 2.25. The van der Waals surface area contributed by atoms with Gasteiger partial charge in [-0.25, -0.2) is 0 Å². The van der Waals surface area contributed by atoms with Gasteiger partial charge in [0, 0.05) is 5.69 Å². The van der Waals surface area contributed by atoms with Crippen LogP contribution in [0.25, 0.3) is 0 Å². The van der Waals surface area contributed by atoms with Crippen LogP contribution < -0.4 is 15.4 Å². The lowest BCUT2D eigenvalue weighted by molar-refractivity contribution is -0.128. The van der Waals surface area contributed by atoms with Crippen molar-refractivity contribution in [3.63, 3.8) is 0 Å². The first-order valence-corrected chi connectivity index (χ1v) is 9.96. The molecule has 0 fully saturated rings. The summed E-state index contributed by atoms with van der Waals surface area (Å²) in [6.07, 6.45) is 4.11. The van der Waals surface area contributed by atoms with Crippen molar-refractivity contribution in [2.24, 2.45) is 5.92 Å². The van der Waals surface area contributed by atoms with Gasteiger partial charge in [0.1, 0.15) is 11.8 Å². The topological polar surface area (TPSA) is 67.4 Å². The maximum Gasteiger partial charge on any atom is 0.258 e. The maximum absolute atomic E-state index is 12.9. The van der Waals surface area contributed by atoms with Gasteiger partial charge in [-0.2, -0.15) is 0 Å². The molecule has 1 aliphatic rings. The van der Waals surface area contributed by atoms with Crippen molar-refractivity contribution < 1.29 is 14.3 Å². The van der Waals surface area contributed by atoms with Gasteiger partial charge in [0.25, 0.3) is 5.91 Å². The summed E-state index contributed by atoms with van der Waals surface area (Å²) in [7, 11) is 0. The van der Waals surface area contributed by atoms with Crippen LogP contribution in [0.3, 0.4) is 0 Å². The van der Waals surface area contributed by atoms with E-state index in [-0.39, 0.29) is 24.3 Å². The first-order valence-electron chi connectivity index (χ1n) is 9.96. The molecule has 0 bridgehead atoms. The van der Waals surface area contributed by atoms with Gasteiger partial charge in [0.05, 0.1) is 0 Å². The largest absolute Gasteiger partial charge is 0.484 e. The van der Waals surface area contributed by atoms with Gasteiger partial charge in [0.2, 0.25) is 5.91 Å². The van der Waals surface area contributed by atoms with E-state index in [9.17, 15) is 9.59 Å². The Labute approximate surface area is 166 Å². The zero-order chi connectivity index (χ0) is 19.9. The van der Waals surface area contributed by atoms with Crippen molar-refractivity contribution in [1.29, 1.82) is 0 Å². The molecule has 5 nitrogen and oxygen atoms in total. The number of rotatable bonds is 8. The summed E-state index contributed by atoms with van der Waals surface area (Å²) in [5.74, 6) is 0.133. The number of nitrogens with one attached hydrogen (secondary N) is 2. The van der Waals surface area contributed by atoms with E-state index in [1.807, 2.05) is 44.2 Å². The average Bonchev–Trinajstić information content (AvgIpc) is 3.18. The molecular formula is C23H28N2O3. The third-order valence-corrected chi connectivity index (χ3v) is 5.29. The third kappa shape index (κ3) is 5.12. The van der Waals surface area contributed by atoms with Gasteiger partial charge >= 0.3 is 0 Å². The number of fused-ring (bicyclic) bond motifs is 1. The van der Waals surface area contributed by atoms with Gasteiger partial charge in [-0.3, -0.25) is 9.59 Å². The van der Waals surface area contributed by atoms with Gasteiger partial charge < -0.3 is 15.4 Å². The molecule has 148 valence electrons. The second-order valence-electron chi connectivity index (χ2n) is 7.36. The maximum atomic E-state index is 12.9. The van der Waals surface area contributed by atoms with Gasteiger partial charge in [-0.05, 0) is 60.6 Å². The molecule has 2 aromatic carbocycles. The molecule has 28 heavy (non-hydrogen) atoms. The molecule has 3 rings (SSSR count). The summed E-state index contributed by atoms with van der Waals surface area (Å²) in [5.41, 5.74) is 3.45. The van der Waals surface area contributed by atoms with Crippen molar-refractivity contribution in [3.05, 3.63) is 59.7 Å². The van der Waals surface area contributed by atoms with E-state index < -0.39 is 6.04 Å². The van der Waals surface area contributed by atoms with Crippen LogP contribution in [0, 0.1) is 5.92 Å². The Balaban J connectivity index is 1.60. The molecule has 2 unspecified atom stereocenters. The zero-order valence-corrected chi connectivity index (χ0v) is 16.5. The summed E-state index contributed by atoms with van der Waals surface area (Å²) in [5, 5.41) is 5.81. The summed E-state index contributed by atoms with van der Waals surface area (Å²) >= 11 is 0. The van der Waals surface area contributed by atoms with E-state index in [0.29, 0.717) is 5.75 Å². The molecule has 0 aliphatic heterocycles. The van der Waals surface area contributed by atoms with Crippen molar-refractivity contribution in [2.45, 2.75) is 45.6 Å². The van der Waals surface area contributed by atoms with Crippen molar-refractivity contribution in [2.75, 3.05) is 11.9 Å². The first kappa shape index (κ1) is 19.9. The number of carbonyl (C=O) groups is 2. The molecule has 0 spiro atoms. The van der Waals surface area contributed by atoms with Crippen LogP contribution in [0.1, 0.15) is 37.8 Å². The van der Waals surface area contributed by atoms with Crippen molar-refractivity contribution in [1.82, 2.24) is 5.32 Å². The fourth-order valence-electron chi connectivity index (χ4n) is 3.45. The fraction of sp³-hybridized carbons (Fsp3) is 0.391. The lowest BCUT2D eigenvalue weighted by Gasteiger charge is -2.23. The summed E-state index contributed by atoms with van der Waals surface area (Å²) < 4.78 is 5.49. The van der Waals surface area contributed by atoms with Crippen LogP contribution >= 0.6 is 0 Å². The van der Waals surface area contributed by atoms with Gasteiger partial charge in [-0.15, -0.1) is 0 Å². The Morgan fingerprint density at radius 2 is 1.82 bits per heavy atom. The predicted octanol–water partition coefficient (Wildman–Crippen LogP) is 3.72. The van der Waals surface area contributed by atoms with Crippen molar-refractivity contribution in [3.8, 4) is 5.75 Å². The molecule has 2 amide bonds. The highest BCUT2D eigenvalue weighted by atomic mass is 16.5. The smallest absolute Gasteiger partial charge is 0.258 e. The molecule has 5 heteroatoms. The molecule has 2 N–H and O–H groups in total. The summed E-state index contributed by atoms with van der Waals surface area (Å²) in [6, 6.07) is 14.6. The quantitative estimate of drug-likeness (QED) is 0.733. The van der Waals surface area contributed by atoms with Crippen LogP contribution in [-0.2, 0) is 22.4 Å². The second-order valence-corrected chi connectivity index (χ2v) is 7.36. The van der Waals surface area contributed by atoms with E-state index in [4.69, 9.17) is 4.74 Å². The zero-order valence-electron chi connectivity index (χ0n) is 16.5. The van der Waals surface area contributed by atoms with Crippen LogP contribution in [0.2, 0.25) is 0 Å². The molecule has 2 aromatic rings. The highest BCUT2D eigenvalue weighted by molar-refractivity contribution is 5.97. The number of ether oxygens (including phenoxy) is 1. The standard InChI is InChI=1S/C23H28N2O3/c1-3-16(2)22(25-21(26)15-28-20-10-5-4-6-11-20)23(27)24-19-13-12-17-8-7-9-18(17)14-19/h4-6,10-14,16,22H,3,7-9,15H2,1-2H3,(H,24,27)(H,25,26). The third-order valence-electron chi connectivity index (χ3n) is 5.29. The number of hydrogen-bond acceptors (Lipinski definition) is 3. The Morgan fingerprint density at radius 3 is 2.57 bits per heavy atom. The van der Waals surface area contributed by atoms with Crippen LogP contribution in [-0.4, -0.2) is 24.5 Å². The number of anilines is 1. The molecule has 0 aromatic heterocycles. The Bertz CT molecular complexity index is 820. The fourth-order valence-corrected chi connectivity index (χ4v) is 3.45. The molecule has 0 heterocycles. The monoisotopic (exact) mass is 380 g/mol. The minimum absolute atomic E-state index is 0.00935. The molecule has 0 radical (unpaired) electrons. The number of carbonyl (C=O) groups excluding carboxylic acids is 2. The summed E-state index contributed by atoms with van der Waals surface area (Å²) in [4.78, 5) is 25.2. The summed E-state index contributed by atoms with van der Waals surface area (Å²) in [6.45, 7) is 3.85. The second kappa shape index (κ2) is 9.40. The van der Waals surface area contributed by atoms with Crippen LogP contribution in [0.4, 0.5) is 5.69 Å². The van der Waals surface area contributed by atoms with E-state index in [0.717, 1.165) is 24.9 Å². The van der Waals surface area contributed by atoms with E-state index >= 15 is 0 Å². The predicted molar refractivity (Wildman–Crippen MR) is 110 cm³/mol. The molecule has 0 saturated carbocycles. The molecule has 0 saturated heterocycles. The lowest BCUT2D eigenvalue weighted by Crippen LogP contribution is -2.49. The number of benzene rings is 2. The minimum Gasteiger partial charge on any atom is -0.484 e. The number of aryl methyl sites for hydroxylation is 2. The van der Waals surface area contributed by atoms with Gasteiger partial charge in [-0.1, -0.05) is 44.5 Å². The number of hydrogen-bond donors (Lipinski definition) is 2. The average molecular weight is 380 g/mol. The van der Waals surface area contributed by atoms with Gasteiger partial charge in [0.15, 0.2) is 6.61 Å². The van der Waals surface area contributed by atoms with E-state index in [1.54, 1.807) is 12.1 Å². The first-order chi connectivity index (χ1) is 13.6. The molecular weight excluding hydrogens is 352 g/mol. The van der Waals surface area contributed by atoms with Crippen LogP contribution in [0.5, 0.6) is 5.75 Å². The minimum atomic E-state index is -0.606. The highest BCUT2D eigenvalue weighted by Gasteiger charge is 2.26. The molecule has 2 atom stereocenters. The van der Waals surface area contributed by atoms with Crippen LogP contribution in [0.15, 0.2) is 48.5 Å².